The number of allylic oxidation sites excluding steroid dienone is 2. The van der Waals surface area contributed by atoms with Crippen molar-refractivity contribution in [2.24, 2.45) is 0 Å². The van der Waals surface area contributed by atoms with E-state index >= 15 is 0 Å². The Bertz CT molecular complexity index is 510. The van der Waals surface area contributed by atoms with Crippen molar-refractivity contribution < 1.29 is 46.6 Å². The molecule has 0 heterocycles. The maximum Gasteiger partial charge on any atom is 2.00 e. The molecule has 3 saturated carbocycles. The minimum absolute atomic E-state index is 0. The molecular formula is C20H34F3O3PPdS. The molecule has 0 unspecified atom stereocenters. The predicted octanol–water partition coefficient (Wildman–Crippen LogP) is 6.74. The third kappa shape index (κ3) is 10.5. The Kier molecular flexibility index (Phi) is 14.7. The summed E-state index contributed by atoms with van der Waals surface area (Å²) in [4.78, 5) is 0. The van der Waals surface area contributed by atoms with E-state index in [1.54, 1.807) is 83.1 Å². The van der Waals surface area contributed by atoms with Crippen molar-refractivity contribution in [1.82, 2.24) is 0 Å². The van der Waals surface area contributed by atoms with Crippen LogP contribution in [0, 0.1) is 6.92 Å². The summed E-state index contributed by atoms with van der Waals surface area (Å²) >= 11 is 0. The van der Waals surface area contributed by atoms with Crippen LogP contribution in [0.4, 0.5) is 13.2 Å². The van der Waals surface area contributed by atoms with E-state index in [0.717, 1.165) is 0 Å². The van der Waals surface area contributed by atoms with Crippen molar-refractivity contribution in [3.63, 3.8) is 0 Å². The van der Waals surface area contributed by atoms with E-state index in [9.17, 15) is 13.2 Å². The zero-order valence-corrected chi connectivity index (χ0v) is 20.4. The van der Waals surface area contributed by atoms with Gasteiger partial charge in [0.25, 0.3) is 0 Å². The summed E-state index contributed by atoms with van der Waals surface area (Å²) in [5.41, 5.74) is -2.02. The molecule has 3 fully saturated rings. The molecule has 29 heavy (non-hydrogen) atoms. The third-order valence-electron chi connectivity index (χ3n) is 5.76. The Hall–Kier alpha value is 0.402. The van der Waals surface area contributed by atoms with Gasteiger partial charge in [-0.15, -0.1) is 6.92 Å². The largest absolute Gasteiger partial charge is 2.00 e. The Morgan fingerprint density at radius 2 is 1.07 bits per heavy atom. The molecule has 0 radical (unpaired) electrons. The van der Waals surface area contributed by atoms with E-state index in [-0.39, 0.29) is 20.4 Å². The van der Waals surface area contributed by atoms with Crippen LogP contribution in [0.3, 0.4) is 0 Å². The van der Waals surface area contributed by atoms with Gasteiger partial charge < -0.3 is 4.55 Å². The summed E-state index contributed by atoms with van der Waals surface area (Å²) in [6.07, 6.45) is 22.6. The Labute approximate surface area is 189 Å². The number of hydrogen-bond acceptors (Lipinski definition) is 3. The van der Waals surface area contributed by atoms with E-state index in [0.29, 0.717) is 7.92 Å². The van der Waals surface area contributed by atoms with Crippen molar-refractivity contribution in [1.29, 1.82) is 0 Å². The van der Waals surface area contributed by atoms with Gasteiger partial charge in [0.15, 0.2) is 10.1 Å². The van der Waals surface area contributed by atoms with Crippen LogP contribution in [-0.2, 0) is 30.5 Å². The van der Waals surface area contributed by atoms with Gasteiger partial charge in [0.05, 0.1) is 0 Å². The molecule has 0 saturated heterocycles. The van der Waals surface area contributed by atoms with Crippen molar-refractivity contribution in [3.05, 3.63) is 19.1 Å². The fraction of sp³-hybridized carbons (Fsp3) is 0.850. The number of hydrogen-bond donors (Lipinski definition) is 0. The quantitative estimate of drug-likeness (QED) is 0.129. The molecule has 0 aromatic carbocycles. The minimum Gasteiger partial charge on any atom is -0.741 e. The molecule has 0 amide bonds. The summed E-state index contributed by atoms with van der Waals surface area (Å²) < 4.78 is 58.9. The smallest absolute Gasteiger partial charge is 0.741 e. The summed E-state index contributed by atoms with van der Waals surface area (Å²) in [6.45, 7) is 5.36. The van der Waals surface area contributed by atoms with Gasteiger partial charge in [-0.25, -0.2) is 27.5 Å². The van der Waals surface area contributed by atoms with Crippen LogP contribution in [0.15, 0.2) is 12.2 Å². The maximum absolute atomic E-state index is 10.7. The number of halogens is 3. The molecule has 9 heteroatoms. The first kappa shape index (κ1) is 29.4. The molecule has 0 aromatic heterocycles. The van der Waals surface area contributed by atoms with Gasteiger partial charge >= 0.3 is 25.9 Å². The van der Waals surface area contributed by atoms with E-state index in [1.165, 1.54) is 17.0 Å². The first-order valence-corrected chi connectivity index (χ1v) is 13.3. The molecule has 3 aliphatic carbocycles. The monoisotopic (exact) mass is 548 g/mol. The molecule has 3 aliphatic rings. The number of rotatable bonds is 3. The van der Waals surface area contributed by atoms with Crippen LogP contribution in [0.5, 0.6) is 0 Å². The zero-order chi connectivity index (χ0) is 21.2. The van der Waals surface area contributed by atoms with E-state index < -0.39 is 15.6 Å². The van der Waals surface area contributed by atoms with Gasteiger partial charge in [0.2, 0.25) is 0 Å². The summed E-state index contributed by atoms with van der Waals surface area (Å²) in [7, 11) is -5.65. The third-order valence-corrected chi connectivity index (χ3v) is 10.4. The second-order valence-corrected chi connectivity index (χ2v) is 12.2. The van der Waals surface area contributed by atoms with Crippen molar-refractivity contribution in [3.8, 4) is 0 Å². The normalized spacial score (nSPS) is 21.6. The molecule has 0 spiro atoms. The minimum atomic E-state index is -6.09. The van der Waals surface area contributed by atoms with Crippen LogP contribution in [0.25, 0.3) is 0 Å². The molecule has 0 aliphatic heterocycles. The molecular weight excluding hydrogens is 515 g/mol. The topological polar surface area (TPSA) is 57.2 Å². The van der Waals surface area contributed by atoms with Gasteiger partial charge in [-0.1, -0.05) is 46.4 Å². The van der Waals surface area contributed by atoms with E-state index in [2.05, 4.69) is 6.92 Å². The zero-order valence-electron chi connectivity index (χ0n) is 17.1. The summed E-state index contributed by atoms with van der Waals surface area (Å²) in [6, 6.07) is 0. The molecule has 0 N–H and O–H groups in total. The molecule has 0 atom stereocenters. The van der Waals surface area contributed by atoms with Crippen LogP contribution >= 0.6 is 7.92 Å². The number of alkyl halides is 3. The van der Waals surface area contributed by atoms with E-state index in [4.69, 9.17) is 13.0 Å². The first-order valence-electron chi connectivity index (χ1n) is 10.3. The van der Waals surface area contributed by atoms with Gasteiger partial charge in [-0.3, -0.25) is 0 Å². The van der Waals surface area contributed by atoms with Gasteiger partial charge in [0.1, 0.15) is 0 Å². The molecule has 174 valence electrons. The van der Waals surface area contributed by atoms with Crippen molar-refractivity contribution >= 4 is 18.0 Å². The molecule has 3 rings (SSSR count). The Balaban J connectivity index is 0.000000515. The Morgan fingerprint density at radius 3 is 1.21 bits per heavy atom. The average Bonchev–Trinajstić information content (AvgIpc) is 3.39. The molecule has 3 nitrogen and oxygen atoms in total. The Morgan fingerprint density at radius 1 is 0.862 bits per heavy atom. The molecule has 0 bridgehead atoms. The van der Waals surface area contributed by atoms with Crippen LogP contribution in [0.1, 0.15) is 84.0 Å². The molecule has 0 aromatic rings. The SMILES string of the molecule is C1CCC(P(C2CCCC2)C2CCCC2)C1.O=S(=O)([O-])C(F)(F)F.[CH2-]/C=C/C.[Pd+2]. The van der Waals surface area contributed by atoms with Crippen LogP contribution < -0.4 is 0 Å². The van der Waals surface area contributed by atoms with Crippen molar-refractivity contribution in [2.75, 3.05) is 0 Å². The van der Waals surface area contributed by atoms with Crippen molar-refractivity contribution in [2.45, 2.75) is 106 Å². The van der Waals surface area contributed by atoms with Crippen LogP contribution in [-0.4, -0.2) is 35.5 Å². The van der Waals surface area contributed by atoms with Gasteiger partial charge in [-0.2, -0.15) is 13.2 Å². The summed E-state index contributed by atoms with van der Waals surface area (Å²) in [5.74, 6) is 0. The fourth-order valence-electron chi connectivity index (χ4n) is 4.50. The average molecular weight is 549 g/mol. The fourth-order valence-corrected chi connectivity index (χ4v) is 9.17. The second-order valence-electron chi connectivity index (χ2n) is 7.73. The maximum atomic E-state index is 10.7. The predicted molar refractivity (Wildman–Crippen MR) is 110 cm³/mol. The summed E-state index contributed by atoms with van der Waals surface area (Å²) in [5, 5.41) is 0. The van der Waals surface area contributed by atoms with E-state index in [1.807, 2.05) is 13.0 Å². The second kappa shape index (κ2) is 14.5. The standard InChI is InChI=1S/C15H27P.C4H7.CHF3O3S.Pd/c1-2-8-13(7-1)16(14-9-3-4-10-14)15-11-5-6-12-15;1-3-4-2;2-1(3,4)8(5,6)7;/h13-15H,1-12H2;3-4H,1H2,2H3;(H,5,6,7);/q;-1;;+2/p-1/b;4-3+;;. The van der Waals surface area contributed by atoms with Crippen LogP contribution in [0.2, 0.25) is 0 Å². The first-order chi connectivity index (χ1) is 13.1. The van der Waals surface area contributed by atoms with Gasteiger partial charge in [-0.05, 0) is 55.5 Å². The van der Waals surface area contributed by atoms with Gasteiger partial charge in [0, 0.05) is 0 Å².